The molecule has 19 nitrogen and oxygen atoms in total. The van der Waals surface area contributed by atoms with Gasteiger partial charge in [0, 0.05) is 61.6 Å². The van der Waals surface area contributed by atoms with Crippen molar-refractivity contribution in [1.29, 1.82) is 0 Å². The number of rotatable bonds is 25. The van der Waals surface area contributed by atoms with Crippen LogP contribution in [-0.4, -0.2) is 122 Å². The molecule has 2 aliphatic heterocycles. The third-order valence-electron chi connectivity index (χ3n) is 9.46. The van der Waals surface area contributed by atoms with Crippen LogP contribution in [0.3, 0.4) is 0 Å². The second-order valence-electron chi connectivity index (χ2n) is 15.7. The summed E-state index contributed by atoms with van der Waals surface area (Å²) in [5, 5.41) is 39.5. The van der Waals surface area contributed by atoms with Crippen molar-refractivity contribution in [3.8, 4) is 23.0 Å². The van der Waals surface area contributed by atoms with E-state index in [2.05, 4.69) is 27.8 Å². The van der Waals surface area contributed by atoms with Gasteiger partial charge in [0.05, 0.1) is 38.4 Å². The number of benzene rings is 2. The van der Waals surface area contributed by atoms with E-state index in [1.165, 1.54) is 24.3 Å². The minimum Gasteiger partial charge on any atom is -0.508 e. The number of nitrogens with one attached hydrogen (secondary N) is 4. The minimum atomic E-state index is -1.56. The summed E-state index contributed by atoms with van der Waals surface area (Å²) >= 11 is 0. The lowest BCUT2D eigenvalue weighted by Gasteiger charge is -2.38. The van der Waals surface area contributed by atoms with E-state index in [1.807, 2.05) is 0 Å². The SMILES string of the molecule is C=C(CC(=O)NCCCOCCOCCOCCCNC(=O)CC[C@H](NC(=O)OC(C)(C)C)C(=O)NCC(=O)O)C1=C(/C=C\C)C(=O)OC12c1ccc(O)cc1Oc1cc(O)ccc12. The highest BCUT2D eigenvalue weighted by molar-refractivity contribution is 5.99. The van der Waals surface area contributed by atoms with Crippen LogP contribution in [0.1, 0.15) is 70.9 Å². The molecule has 0 radical (unpaired) electrons. The van der Waals surface area contributed by atoms with E-state index in [0.29, 0.717) is 87.8 Å². The van der Waals surface area contributed by atoms with Gasteiger partial charge in [-0.05, 0) is 76.8 Å². The Bertz CT molecular complexity index is 2040. The quantitative estimate of drug-likeness (QED) is 0.0553. The highest BCUT2D eigenvalue weighted by Crippen LogP contribution is 2.58. The molecule has 1 spiro atoms. The number of aromatic hydroxyl groups is 2. The number of allylic oxidation sites excluding steroid dienone is 1. The largest absolute Gasteiger partial charge is 0.508 e. The summed E-state index contributed by atoms with van der Waals surface area (Å²) in [5.74, 6) is -3.08. The number of carbonyl (C=O) groups is 6. The Morgan fingerprint density at radius 2 is 1.38 bits per heavy atom. The van der Waals surface area contributed by atoms with E-state index < -0.39 is 47.7 Å². The number of carboxylic acid groups (broad SMARTS) is 1. The molecule has 2 aromatic rings. The fraction of sp³-hybridized carbons (Fsp3) is 0.467. The van der Waals surface area contributed by atoms with Crippen LogP contribution in [0.2, 0.25) is 0 Å². The minimum absolute atomic E-state index is 0.0763. The van der Waals surface area contributed by atoms with Gasteiger partial charge >= 0.3 is 18.0 Å². The maximum Gasteiger partial charge on any atom is 0.408 e. The van der Waals surface area contributed by atoms with Crippen molar-refractivity contribution in [3.05, 3.63) is 83.0 Å². The summed E-state index contributed by atoms with van der Waals surface area (Å²) in [5.41, 5.74) is -0.632. The monoisotopic (exact) mass is 894 g/mol. The zero-order valence-electron chi connectivity index (χ0n) is 36.5. The van der Waals surface area contributed by atoms with E-state index >= 15 is 0 Å². The molecule has 4 amide bonds. The van der Waals surface area contributed by atoms with Crippen LogP contribution < -0.4 is 26.0 Å². The van der Waals surface area contributed by atoms with Gasteiger partial charge in [0.25, 0.3) is 0 Å². The molecule has 348 valence electrons. The fourth-order valence-corrected chi connectivity index (χ4v) is 6.77. The lowest BCUT2D eigenvalue weighted by Crippen LogP contribution is -2.49. The number of aliphatic carboxylic acids is 1. The predicted molar refractivity (Wildman–Crippen MR) is 230 cm³/mol. The van der Waals surface area contributed by atoms with Crippen LogP contribution >= 0.6 is 0 Å². The molecule has 0 saturated heterocycles. The number of fused-ring (bicyclic) bond motifs is 4. The van der Waals surface area contributed by atoms with Crippen LogP contribution in [0.25, 0.3) is 0 Å². The average Bonchev–Trinajstić information content (AvgIpc) is 3.50. The molecule has 4 rings (SSSR count). The molecule has 1 atom stereocenters. The number of carbonyl (C=O) groups excluding carboxylic acids is 5. The van der Waals surface area contributed by atoms with Crippen LogP contribution in [0.15, 0.2) is 71.8 Å². The molecular weight excluding hydrogens is 837 g/mol. The van der Waals surface area contributed by atoms with E-state index in [1.54, 1.807) is 52.0 Å². The Morgan fingerprint density at radius 1 is 0.828 bits per heavy atom. The number of phenolic OH excluding ortho intramolecular Hbond substituents is 2. The standard InChI is InChI=1S/C45H58N4O15/c1-6-9-31-40(45(63-42(31)57)32-12-10-29(50)25-35(32)62-36-26-30(51)11-13-33(36)45)28(2)24-38(53)47-17-8-19-60-21-23-61-22-20-59-18-7-16-46-37(52)15-14-34(41(56)48-27-39(54)55)49-43(58)64-44(3,4)5/h6,9-13,25-26,34,50-51H,2,7-8,14-24,27H2,1,3-5H3,(H,46,52)(H,47,53)(H,48,56)(H,49,58)(H,54,55)/b9-6-/t34-/m0/s1. The number of phenols is 2. The first-order valence-electron chi connectivity index (χ1n) is 20.8. The first-order chi connectivity index (χ1) is 30.4. The zero-order valence-corrected chi connectivity index (χ0v) is 36.5. The molecule has 2 aromatic carbocycles. The number of amides is 4. The van der Waals surface area contributed by atoms with Gasteiger partial charge in [-0.3, -0.25) is 19.2 Å². The lowest BCUT2D eigenvalue weighted by molar-refractivity contribution is -0.145. The Hall–Kier alpha value is -6.44. The van der Waals surface area contributed by atoms with Gasteiger partial charge in [-0.1, -0.05) is 18.7 Å². The first kappa shape index (κ1) is 50.2. The fourth-order valence-electron chi connectivity index (χ4n) is 6.77. The second-order valence-corrected chi connectivity index (χ2v) is 15.7. The van der Waals surface area contributed by atoms with Gasteiger partial charge < -0.3 is 65.0 Å². The molecule has 2 aliphatic rings. The first-order valence-corrected chi connectivity index (χ1v) is 20.8. The van der Waals surface area contributed by atoms with E-state index in [4.69, 9.17) is 33.5 Å². The molecule has 0 aliphatic carbocycles. The van der Waals surface area contributed by atoms with Crippen LogP contribution in [-0.2, 0) is 53.3 Å². The summed E-state index contributed by atoms with van der Waals surface area (Å²) < 4.78 is 34.0. The predicted octanol–water partition coefficient (Wildman–Crippen LogP) is 3.76. The Balaban J connectivity index is 1.09. The van der Waals surface area contributed by atoms with E-state index in [-0.39, 0.29) is 59.6 Å². The van der Waals surface area contributed by atoms with Crippen molar-refractivity contribution in [2.24, 2.45) is 0 Å². The normalized spacial score (nSPS) is 14.2. The highest BCUT2D eigenvalue weighted by Gasteiger charge is 2.55. The summed E-state index contributed by atoms with van der Waals surface area (Å²) in [6, 6.07) is 7.67. The summed E-state index contributed by atoms with van der Waals surface area (Å²) in [6.45, 7) is 12.9. The second kappa shape index (κ2) is 23.9. The number of hydrogen-bond acceptors (Lipinski definition) is 14. The lowest BCUT2D eigenvalue weighted by atomic mass is 9.74. The Morgan fingerprint density at radius 3 is 1.91 bits per heavy atom. The molecule has 0 saturated carbocycles. The molecule has 19 heteroatoms. The van der Waals surface area contributed by atoms with E-state index in [9.17, 15) is 39.0 Å². The van der Waals surface area contributed by atoms with Crippen LogP contribution in [0.4, 0.5) is 4.79 Å². The number of esters is 1. The van der Waals surface area contributed by atoms with E-state index in [0.717, 1.165) is 0 Å². The van der Waals surface area contributed by atoms with Crippen LogP contribution in [0.5, 0.6) is 23.0 Å². The molecule has 0 fully saturated rings. The maximum absolute atomic E-state index is 13.5. The highest BCUT2D eigenvalue weighted by atomic mass is 16.6. The Labute approximate surface area is 371 Å². The molecule has 0 unspecified atom stereocenters. The topological polar surface area (TPSA) is 267 Å². The molecule has 0 aromatic heterocycles. The van der Waals surface area contributed by atoms with Crippen molar-refractivity contribution in [2.45, 2.75) is 77.0 Å². The van der Waals surface area contributed by atoms with Gasteiger partial charge in [-0.25, -0.2) is 9.59 Å². The third kappa shape index (κ3) is 14.6. The van der Waals surface area contributed by atoms with Crippen LogP contribution in [0, 0.1) is 0 Å². The Kier molecular flexibility index (Phi) is 18.7. The van der Waals surface area contributed by atoms with Crippen molar-refractivity contribution in [3.63, 3.8) is 0 Å². The van der Waals surface area contributed by atoms with Gasteiger partial charge in [0.1, 0.15) is 41.2 Å². The number of carboxylic acids is 1. The van der Waals surface area contributed by atoms with Gasteiger partial charge in [-0.15, -0.1) is 0 Å². The zero-order chi connectivity index (χ0) is 46.9. The summed E-state index contributed by atoms with van der Waals surface area (Å²) in [6.07, 6.45) is 3.11. The maximum atomic E-state index is 13.5. The average molecular weight is 895 g/mol. The smallest absolute Gasteiger partial charge is 0.408 e. The van der Waals surface area contributed by atoms with Gasteiger partial charge in [-0.2, -0.15) is 0 Å². The summed E-state index contributed by atoms with van der Waals surface area (Å²) in [4.78, 5) is 74.4. The number of ether oxygens (including phenoxy) is 6. The molecule has 64 heavy (non-hydrogen) atoms. The van der Waals surface area contributed by atoms with Crippen molar-refractivity contribution in [1.82, 2.24) is 21.3 Å². The molecule has 7 N–H and O–H groups in total. The van der Waals surface area contributed by atoms with Gasteiger partial charge in [0.2, 0.25) is 17.7 Å². The molecular formula is C45H58N4O15. The number of hydrogen-bond donors (Lipinski definition) is 7. The third-order valence-corrected chi connectivity index (χ3v) is 9.46. The number of alkyl carbamates (subject to hydrolysis) is 1. The van der Waals surface area contributed by atoms with Crippen molar-refractivity contribution >= 4 is 35.8 Å². The summed E-state index contributed by atoms with van der Waals surface area (Å²) in [7, 11) is 0. The molecule has 2 heterocycles. The molecule has 0 bridgehead atoms. The van der Waals surface area contributed by atoms with Crippen molar-refractivity contribution in [2.75, 3.05) is 59.3 Å². The van der Waals surface area contributed by atoms with Gasteiger partial charge in [0.15, 0.2) is 5.60 Å². The van der Waals surface area contributed by atoms with Crippen molar-refractivity contribution < 1.29 is 72.5 Å².